The van der Waals surface area contributed by atoms with E-state index in [1.54, 1.807) is 0 Å². The third kappa shape index (κ3) is 3.46. The Labute approximate surface area is 122 Å². The first-order chi connectivity index (χ1) is 9.03. The molecule has 1 spiro atoms. The molecule has 0 bridgehead atoms. The smallest absolute Gasteiger partial charge is 0.0783 e. The minimum absolute atomic E-state index is 0.120. The minimum Gasteiger partial charge on any atom is -0.377 e. The zero-order valence-corrected chi connectivity index (χ0v) is 13.6. The van der Waals surface area contributed by atoms with E-state index in [-0.39, 0.29) is 11.2 Å². The van der Waals surface area contributed by atoms with Crippen LogP contribution in [0.25, 0.3) is 0 Å². The molecule has 4 heteroatoms. The van der Waals surface area contributed by atoms with Crippen molar-refractivity contribution in [2.45, 2.75) is 57.3 Å². The molecule has 0 aromatic rings. The van der Waals surface area contributed by atoms with Gasteiger partial charge in [0.1, 0.15) is 0 Å². The van der Waals surface area contributed by atoms with E-state index in [4.69, 9.17) is 9.47 Å². The summed E-state index contributed by atoms with van der Waals surface area (Å²) in [5.41, 5.74) is 0.0377. The first kappa shape index (κ1) is 15.6. The summed E-state index contributed by atoms with van der Waals surface area (Å²) in [6.45, 7) is 8.49. The normalized spacial score (nSPS) is 33.8. The molecule has 2 rings (SSSR count). The van der Waals surface area contributed by atoms with Crippen LogP contribution in [0.4, 0.5) is 0 Å². The minimum atomic E-state index is -0.120. The van der Waals surface area contributed by atoms with E-state index < -0.39 is 0 Å². The zero-order chi connectivity index (χ0) is 13.9. The van der Waals surface area contributed by atoms with Gasteiger partial charge in [0.25, 0.3) is 0 Å². The lowest BCUT2D eigenvalue weighted by Crippen LogP contribution is -2.56. The van der Waals surface area contributed by atoms with Gasteiger partial charge >= 0.3 is 0 Å². The molecule has 2 aliphatic rings. The quantitative estimate of drug-likeness (QED) is 0.842. The van der Waals surface area contributed by atoms with Crippen LogP contribution < -0.4 is 5.32 Å². The number of methoxy groups -OCH3 is 1. The fourth-order valence-electron chi connectivity index (χ4n) is 3.54. The van der Waals surface area contributed by atoms with Gasteiger partial charge in [-0.2, -0.15) is 11.8 Å². The van der Waals surface area contributed by atoms with E-state index in [1.165, 1.54) is 24.3 Å². The standard InChI is InChI=1S/C15H29NO2S/c1-5-16-13(14(2,3)17-4)12-6-8-18-15(10-12)7-9-19-11-15/h12-13,16H,5-11H2,1-4H3. The molecule has 2 heterocycles. The monoisotopic (exact) mass is 287 g/mol. The molecular weight excluding hydrogens is 258 g/mol. The molecule has 3 unspecified atom stereocenters. The van der Waals surface area contributed by atoms with Crippen LogP contribution in [0.1, 0.15) is 40.0 Å². The van der Waals surface area contributed by atoms with Gasteiger partial charge in [0, 0.05) is 25.5 Å². The van der Waals surface area contributed by atoms with E-state index >= 15 is 0 Å². The number of thioether (sulfide) groups is 1. The van der Waals surface area contributed by atoms with Gasteiger partial charge in [-0.1, -0.05) is 6.92 Å². The fourth-order valence-corrected chi connectivity index (χ4v) is 4.92. The lowest BCUT2D eigenvalue weighted by molar-refractivity contribution is -0.108. The van der Waals surface area contributed by atoms with Crippen LogP contribution in [0.2, 0.25) is 0 Å². The Balaban J connectivity index is 2.08. The van der Waals surface area contributed by atoms with Crippen molar-refractivity contribution in [3.05, 3.63) is 0 Å². The Morgan fingerprint density at radius 1 is 1.53 bits per heavy atom. The lowest BCUT2D eigenvalue weighted by Gasteiger charge is -2.45. The Kier molecular flexibility index (Phi) is 5.21. The van der Waals surface area contributed by atoms with Crippen LogP contribution in [0.3, 0.4) is 0 Å². The van der Waals surface area contributed by atoms with Crippen LogP contribution >= 0.6 is 11.8 Å². The molecule has 0 aliphatic carbocycles. The highest BCUT2D eigenvalue weighted by Gasteiger charge is 2.45. The summed E-state index contributed by atoms with van der Waals surface area (Å²) < 4.78 is 11.9. The highest BCUT2D eigenvalue weighted by Crippen LogP contribution is 2.42. The van der Waals surface area contributed by atoms with Crippen molar-refractivity contribution in [3.63, 3.8) is 0 Å². The van der Waals surface area contributed by atoms with Crippen molar-refractivity contribution in [2.24, 2.45) is 5.92 Å². The summed E-state index contributed by atoms with van der Waals surface area (Å²) in [6.07, 6.45) is 3.56. The summed E-state index contributed by atoms with van der Waals surface area (Å²) in [5.74, 6) is 3.09. The van der Waals surface area contributed by atoms with E-state index in [2.05, 4.69) is 26.1 Å². The predicted octanol–water partition coefficient (Wildman–Crippen LogP) is 2.69. The molecule has 3 nitrogen and oxygen atoms in total. The molecular formula is C15H29NO2S. The van der Waals surface area contributed by atoms with Crippen molar-refractivity contribution in [3.8, 4) is 0 Å². The summed E-state index contributed by atoms with van der Waals surface area (Å²) in [5, 5.41) is 3.66. The summed E-state index contributed by atoms with van der Waals surface area (Å²) in [7, 11) is 1.82. The summed E-state index contributed by atoms with van der Waals surface area (Å²) in [6, 6.07) is 0.411. The Morgan fingerprint density at radius 2 is 2.32 bits per heavy atom. The largest absolute Gasteiger partial charge is 0.377 e. The van der Waals surface area contributed by atoms with Crippen molar-refractivity contribution >= 4 is 11.8 Å². The van der Waals surface area contributed by atoms with Crippen LogP contribution in [0.5, 0.6) is 0 Å². The maximum absolute atomic E-state index is 6.14. The molecule has 0 saturated carbocycles. The molecule has 2 aliphatic heterocycles. The highest BCUT2D eigenvalue weighted by molar-refractivity contribution is 7.99. The SMILES string of the molecule is CCNC(C1CCOC2(CCSC2)C1)C(C)(C)OC. The predicted molar refractivity (Wildman–Crippen MR) is 81.9 cm³/mol. The molecule has 0 radical (unpaired) electrons. The Morgan fingerprint density at radius 3 is 2.89 bits per heavy atom. The first-order valence-corrected chi connectivity index (χ1v) is 8.69. The maximum Gasteiger partial charge on any atom is 0.0783 e. The van der Waals surface area contributed by atoms with Crippen LogP contribution in [-0.4, -0.2) is 49.0 Å². The number of likely N-dealkylation sites (N-methyl/N-ethyl adjacent to an activating group) is 1. The number of rotatable bonds is 5. The van der Waals surface area contributed by atoms with Gasteiger partial charge in [-0.05, 0) is 51.3 Å². The lowest BCUT2D eigenvalue weighted by atomic mass is 9.76. The second-order valence-electron chi connectivity index (χ2n) is 6.43. The topological polar surface area (TPSA) is 30.5 Å². The highest BCUT2D eigenvalue weighted by atomic mass is 32.2. The maximum atomic E-state index is 6.14. The second-order valence-corrected chi connectivity index (χ2v) is 7.54. The average Bonchev–Trinajstić information content (AvgIpc) is 2.83. The zero-order valence-electron chi connectivity index (χ0n) is 12.8. The van der Waals surface area contributed by atoms with E-state index in [9.17, 15) is 0 Å². The third-order valence-electron chi connectivity index (χ3n) is 4.77. The van der Waals surface area contributed by atoms with Gasteiger partial charge in [0.2, 0.25) is 0 Å². The molecule has 3 atom stereocenters. The molecule has 2 saturated heterocycles. The first-order valence-electron chi connectivity index (χ1n) is 7.53. The van der Waals surface area contributed by atoms with Crippen LogP contribution in [-0.2, 0) is 9.47 Å². The molecule has 1 N–H and O–H groups in total. The van der Waals surface area contributed by atoms with E-state index in [0.717, 1.165) is 19.6 Å². The number of hydrogen-bond acceptors (Lipinski definition) is 4. The van der Waals surface area contributed by atoms with E-state index in [1.807, 2.05) is 18.9 Å². The molecule has 112 valence electrons. The van der Waals surface area contributed by atoms with Gasteiger partial charge in [-0.15, -0.1) is 0 Å². The number of hydrogen-bond donors (Lipinski definition) is 1. The number of ether oxygens (including phenoxy) is 2. The molecule has 0 amide bonds. The molecule has 0 aromatic heterocycles. The Bertz CT molecular complexity index is 290. The average molecular weight is 287 g/mol. The van der Waals surface area contributed by atoms with Gasteiger partial charge in [-0.25, -0.2) is 0 Å². The molecule has 0 aromatic carbocycles. The van der Waals surface area contributed by atoms with Crippen molar-refractivity contribution in [1.29, 1.82) is 0 Å². The number of nitrogens with one attached hydrogen (secondary N) is 1. The van der Waals surface area contributed by atoms with Crippen molar-refractivity contribution in [1.82, 2.24) is 5.32 Å². The molecule has 19 heavy (non-hydrogen) atoms. The third-order valence-corrected chi connectivity index (χ3v) is 5.99. The fraction of sp³-hybridized carbons (Fsp3) is 1.00. The van der Waals surface area contributed by atoms with Gasteiger partial charge < -0.3 is 14.8 Å². The van der Waals surface area contributed by atoms with Gasteiger partial charge in [0.15, 0.2) is 0 Å². The van der Waals surface area contributed by atoms with Crippen LogP contribution in [0, 0.1) is 5.92 Å². The van der Waals surface area contributed by atoms with Gasteiger partial charge in [0.05, 0.1) is 11.2 Å². The summed E-state index contributed by atoms with van der Waals surface area (Å²) >= 11 is 2.04. The van der Waals surface area contributed by atoms with Crippen molar-refractivity contribution in [2.75, 3.05) is 31.8 Å². The Hall–Kier alpha value is 0.230. The van der Waals surface area contributed by atoms with Crippen LogP contribution in [0.15, 0.2) is 0 Å². The van der Waals surface area contributed by atoms with E-state index in [0.29, 0.717) is 12.0 Å². The molecule has 2 fully saturated rings. The summed E-state index contributed by atoms with van der Waals surface area (Å²) in [4.78, 5) is 0. The second kappa shape index (κ2) is 6.33. The van der Waals surface area contributed by atoms with Gasteiger partial charge in [-0.3, -0.25) is 0 Å². The van der Waals surface area contributed by atoms with Crippen molar-refractivity contribution < 1.29 is 9.47 Å².